The van der Waals surface area contributed by atoms with E-state index in [1.165, 1.54) is 0 Å². The average Bonchev–Trinajstić information content (AvgIpc) is 2.63. The Morgan fingerprint density at radius 3 is 2.74 bits per heavy atom. The van der Waals surface area contributed by atoms with Gasteiger partial charge in [0.2, 0.25) is 0 Å². The van der Waals surface area contributed by atoms with Gasteiger partial charge in [0.05, 0.1) is 6.61 Å². The van der Waals surface area contributed by atoms with Crippen molar-refractivity contribution in [2.75, 3.05) is 25.5 Å². The number of rotatable bonds is 8. The zero-order valence-corrected chi connectivity index (χ0v) is 19.0. The molecule has 0 aliphatic rings. The number of nitrogens with one attached hydrogen (secondary N) is 2. The van der Waals surface area contributed by atoms with Crippen LogP contribution in [0.2, 0.25) is 0 Å². The highest BCUT2D eigenvalue weighted by Gasteiger charge is 2.05. The van der Waals surface area contributed by atoms with Gasteiger partial charge in [-0.1, -0.05) is 40.2 Å². The van der Waals surface area contributed by atoms with Gasteiger partial charge in [-0.05, 0) is 30.7 Å². The van der Waals surface area contributed by atoms with Gasteiger partial charge in [-0.15, -0.1) is 24.0 Å². The number of nitrogens with two attached hydrogens (primary N) is 1. The number of anilines is 1. The number of methoxy groups -OCH3 is 1. The number of amides is 1. The van der Waals surface area contributed by atoms with E-state index >= 15 is 0 Å². The molecule has 0 heterocycles. The minimum atomic E-state index is -0.102. The molecule has 0 aliphatic heterocycles. The molecular formula is C19H24BrIN4O2. The van der Waals surface area contributed by atoms with Crippen LogP contribution in [0.5, 0.6) is 0 Å². The van der Waals surface area contributed by atoms with Crippen molar-refractivity contribution in [1.29, 1.82) is 0 Å². The molecule has 0 saturated carbocycles. The number of carbonyl (C=O) groups is 1. The Labute approximate surface area is 185 Å². The molecule has 2 rings (SSSR count). The fraction of sp³-hybridized carbons (Fsp3) is 0.263. The number of nitrogens with zero attached hydrogens (tertiary/aromatic N) is 1. The van der Waals surface area contributed by atoms with E-state index in [2.05, 4.69) is 31.6 Å². The predicted molar refractivity (Wildman–Crippen MR) is 124 cm³/mol. The number of ether oxygens (including phenoxy) is 1. The van der Waals surface area contributed by atoms with Crippen molar-refractivity contribution in [2.45, 2.75) is 13.0 Å². The van der Waals surface area contributed by atoms with Crippen LogP contribution in [0.3, 0.4) is 0 Å². The van der Waals surface area contributed by atoms with Crippen LogP contribution in [0.4, 0.5) is 5.69 Å². The second-order valence-corrected chi connectivity index (χ2v) is 6.52. The van der Waals surface area contributed by atoms with Gasteiger partial charge in [0, 0.05) is 41.5 Å². The molecule has 27 heavy (non-hydrogen) atoms. The molecule has 146 valence electrons. The first-order chi connectivity index (χ1) is 12.6. The number of hydrogen-bond donors (Lipinski definition) is 3. The summed E-state index contributed by atoms with van der Waals surface area (Å²) in [6.45, 7) is 1.55. The van der Waals surface area contributed by atoms with E-state index in [0.29, 0.717) is 37.6 Å². The Balaban J connectivity index is 0.00000364. The van der Waals surface area contributed by atoms with Gasteiger partial charge in [0.25, 0.3) is 5.91 Å². The first-order valence-corrected chi connectivity index (χ1v) is 9.07. The summed E-state index contributed by atoms with van der Waals surface area (Å²) in [6, 6.07) is 15.0. The fourth-order valence-corrected chi connectivity index (χ4v) is 2.71. The zero-order valence-electron chi connectivity index (χ0n) is 15.1. The lowest BCUT2D eigenvalue weighted by molar-refractivity contribution is 0.0953. The van der Waals surface area contributed by atoms with Crippen molar-refractivity contribution in [3.63, 3.8) is 0 Å². The highest BCUT2D eigenvalue weighted by atomic mass is 127. The topological polar surface area (TPSA) is 88.7 Å². The molecule has 0 fully saturated rings. The number of para-hydroxylation sites is 1. The van der Waals surface area contributed by atoms with E-state index < -0.39 is 0 Å². The summed E-state index contributed by atoms with van der Waals surface area (Å²) in [5.41, 5.74) is 8.43. The van der Waals surface area contributed by atoms with Crippen LogP contribution in [-0.2, 0) is 11.3 Å². The largest absolute Gasteiger partial charge is 0.380 e. The molecule has 0 atom stereocenters. The summed E-state index contributed by atoms with van der Waals surface area (Å²) < 4.78 is 6.04. The van der Waals surface area contributed by atoms with Gasteiger partial charge in [-0.3, -0.25) is 9.79 Å². The molecule has 2 aromatic carbocycles. The lowest BCUT2D eigenvalue weighted by Gasteiger charge is -2.11. The summed E-state index contributed by atoms with van der Waals surface area (Å²) in [5.74, 6) is 0.238. The number of carbonyl (C=O) groups excluding carboxylic acids is 1. The van der Waals surface area contributed by atoms with Crippen molar-refractivity contribution in [2.24, 2.45) is 10.7 Å². The number of guanidine groups is 1. The van der Waals surface area contributed by atoms with Gasteiger partial charge >= 0.3 is 0 Å². The SMILES string of the molecule is COCc1ccccc1NC(N)=NCCCNC(=O)c1cccc(Br)c1.I. The second kappa shape index (κ2) is 12.7. The summed E-state index contributed by atoms with van der Waals surface area (Å²) >= 11 is 3.35. The van der Waals surface area contributed by atoms with E-state index in [-0.39, 0.29) is 29.9 Å². The normalized spacial score (nSPS) is 10.8. The lowest BCUT2D eigenvalue weighted by atomic mass is 10.2. The monoisotopic (exact) mass is 546 g/mol. The van der Waals surface area contributed by atoms with Gasteiger partial charge in [-0.25, -0.2) is 0 Å². The average molecular weight is 547 g/mol. The summed E-state index contributed by atoms with van der Waals surface area (Å²) in [5, 5.41) is 5.95. The lowest BCUT2D eigenvalue weighted by Crippen LogP contribution is -2.26. The first-order valence-electron chi connectivity index (χ1n) is 8.27. The Morgan fingerprint density at radius 1 is 1.22 bits per heavy atom. The molecule has 0 spiro atoms. The van der Waals surface area contributed by atoms with Crippen molar-refractivity contribution >= 4 is 57.5 Å². The Hall–Kier alpha value is -1.65. The number of aliphatic imine (C=N–C) groups is 1. The highest BCUT2D eigenvalue weighted by molar-refractivity contribution is 14.0. The second-order valence-electron chi connectivity index (χ2n) is 5.60. The van der Waals surface area contributed by atoms with Crippen LogP contribution >= 0.6 is 39.9 Å². The number of benzene rings is 2. The van der Waals surface area contributed by atoms with Crippen LogP contribution in [0, 0.1) is 0 Å². The maximum absolute atomic E-state index is 12.0. The van der Waals surface area contributed by atoms with Crippen LogP contribution < -0.4 is 16.4 Å². The maximum Gasteiger partial charge on any atom is 0.251 e. The van der Waals surface area contributed by atoms with Crippen molar-refractivity contribution in [3.05, 3.63) is 64.1 Å². The molecule has 4 N–H and O–H groups in total. The minimum Gasteiger partial charge on any atom is -0.380 e. The van der Waals surface area contributed by atoms with Gasteiger partial charge < -0.3 is 21.1 Å². The number of halogens is 2. The Kier molecular flexibility index (Phi) is 11.0. The Morgan fingerprint density at radius 2 is 2.00 bits per heavy atom. The molecule has 0 radical (unpaired) electrons. The molecule has 8 heteroatoms. The molecule has 0 aromatic heterocycles. The van der Waals surface area contributed by atoms with E-state index in [0.717, 1.165) is 15.7 Å². The van der Waals surface area contributed by atoms with Gasteiger partial charge in [-0.2, -0.15) is 0 Å². The maximum atomic E-state index is 12.0. The van der Waals surface area contributed by atoms with Crippen LogP contribution in [0.15, 0.2) is 58.0 Å². The smallest absolute Gasteiger partial charge is 0.251 e. The van der Waals surface area contributed by atoms with Crippen molar-refractivity contribution < 1.29 is 9.53 Å². The molecule has 6 nitrogen and oxygen atoms in total. The predicted octanol–water partition coefficient (Wildman–Crippen LogP) is 3.76. The molecular weight excluding hydrogens is 523 g/mol. The molecule has 0 unspecified atom stereocenters. The van der Waals surface area contributed by atoms with Crippen molar-refractivity contribution in [3.8, 4) is 0 Å². The highest BCUT2D eigenvalue weighted by Crippen LogP contribution is 2.15. The van der Waals surface area contributed by atoms with Gasteiger partial charge in [0.15, 0.2) is 5.96 Å². The Bertz CT molecular complexity index is 771. The quantitative estimate of drug-likeness (QED) is 0.203. The molecule has 0 aliphatic carbocycles. The summed E-state index contributed by atoms with van der Waals surface area (Å²) in [7, 11) is 1.65. The molecule has 0 bridgehead atoms. The third-order valence-electron chi connectivity index (χ3n) is 3.57. The van der Waals surface area contributed by atoms with E-state index in [9.17, 15) is 4.79 Å². The van der Waals surface area contributed by atoms with Crippen LogP contribution in [-0.4, -0.2) is 32.1 Å². The van der Waals surface area contributed by atoms with Crippen LogP contribution in [0.1, 0.15) is 22.3 Å². The fourth-order valence-electron chi connectivity index (χ4n) is 2.31. The standard InChI is InChI=1S/C19H23BrN4O2.HI/c1-26-13-15-6-2-3-9-17(15)24-19(21)23-11-5-10-22-18(25)14-7-4-8-16(20)12-14;/h2-4,6-9,12H,5,10-11,13H2,1H3,(H,22,25)(H3,21,23,24);1H. The molecule has 1 amide bonds. The summed E-state index contributed by atoms with van der Waals surface area (Å²) in [6.07, 6.45) is 0.696. The van der Waals surface area contributed by atoms with E-state index in [4.69, 9.17) is 10.5 Å². The third-order valence-corrected chi connectivity index (χ3v) is 4.06. The van der Waals surface area contributed by atoms with E-state index in [1.807, 2.05) is 36.4 Å². The molecule has 0 saturated heterocycles. The first kappa shape index (κ1) is 23.4. The summed E-state index contributed by atoms with van der Waals surface area (Å²) in [4.78, 5) is 16.3. The van der Waals surface area contributed by atoms with Crippen molar-refractivity contribution in [1.82, 2.24) is 5.32 Å². The van der Waals surface area contributed by atoms with Crippen LogP contribution in [0.25, 0.3) is 0 Å². The number of hydrogen-bond acceptors (Lipinski definition) is 3. The third kappa shape index (κ3) is 8.27. The zero-order chi connectivity index (χ0) is 18.8. The van der Waals surface area contributed by atoms with Gasteiger partial charge in [0.1, 0.15) is 0 Å². The minimum absolute atomic E-state index is 0. The van der Waals surface area contributed by atoms with E-state index in [1.54, 1.807) is 19.2 Å². The molecule has 2 aromatic rings.